The van der Waals surface area contributed by atoms with Crippen LogP contribution in [0.3, 0.4) is 0 Å². The Bertz CT molecular complexity index is 344. The molecule has 0 aromatic heterocycles. The van der Waals surface area contributed by atoms with E-state index in [1.54, 1.807) is 0 Å². The lowest BCUT2D eigenvalue weighted by molar-refractivity contribution is 0.338. The molecule has 1 aromatic carbocycles. The van der Waals surface area contributed by atoms with Crippen LogP contribution in [0.15, 0.2) is 30.3 Å². The van der Waals surface area contributed by atoms with Crippen LogP contribution < -0.4 is 5.32 Å². The third kappa shape index (κ3) is 3.10. The molecule has 94 valence electrons. The van der Waals surface area contributed by atoms with Crippen molar-refractivity contribution in [2.45, 2.75) is 52.1 Å². The van der Waals surface area contributed by atoms with Gasteiger partial charge in [-0.25, -0.2) is 0 Å². The van der Waals surface area contributed by atoms with Gasteiger partial charge in [-0.2, -0.15) is 0 Å². The van der Waals surface area contributed by atoms with Crippen molar-refractivity contribution < 1.29 is 0 Å². The maximum absolute atomic E-state index is 3.64. The average molecular weight is 231 g/mol. The second-order valence-corrected chi connectivity index (χ2v) is 5.89. The van der Waals surface area contributed by atoms with E-state index in [0.29, 0.717) is 12.1 Å². The maximum Gasteiger partial charge on any atom is 0.00695 e. The minimum Gasteiger partial charge on any atom is -0.312 e. The van der Waals surface area contributed by atoms with E-state index in [1.807, 2.05) is 0 Å². The fourth-order valence-electron chi connectivity index (χ4n) is 2.93. The van der Waals surface area contributed by atoms with Crippen LogP contribution in [-0.2, 0) is 0 Å². The first kappa shape index (κ1) is 12.6. The average Bonchev–Trinajstić information content (AvgIpc) is 3.08. The zero-order chi connectivity index (χ0) is 12.4. The summed E-state index contributed by atoms with van der Waals surface area (Å²) in [5, 5.41) is 3.64. The molecule has 0 heterocycles. The van der Waals surface area contributed by atoms with E-state index in [0.717, 1.165) is 17.8 Å². The topological polar surface area (TPSA) is 12.0 Å². The molecule has 1 nitrogen and oxygen atoms in total. The van der Waals surface area contributed by atoms with Gasteiger partial charge in [0.1, 0.15) is 0 Å². The zero-order valence-electron chi connectivity index (χ0n) is 11.5. The van der Waals surface area contributed by atoms with Gasteiger partial charge in [0.15, 0.2) is 0 Å². The minimum absolute atomic E-state index is 0.585. The Hall–Kier alpha value is -0.820. The van der Waals surface area contributed by atoms with Gasteiger partial charge in [-0.15, -0.1) is 0 Å². The van der Waals surface area contributed by atoms with Crippen molar-refractivity contribution >= 4 is 0 Å². The Labute approximate surface area is 106 Å². The number of rotatable bonds is 5. The van der Waals surface area contributed by atoms with Gasteiger partial charge in [-0.05, 0) is 36.7 Å². The summed E-state index contributed by atoms with van der Waals surface area (Å²) >= 11 is 0. The quantitative estimate of drug-likeness (QED) is 0.812. The van der Waals surface area contributed by atoms with Gasteiger partial charge in [0.2, 0.25) is 0 Å². The fourth-order valence-corrected chi connectivity index (χ4v) is 2.93. The van der Waals surface area contributed by atoms with E-state index in [1.165, 1.54) is 12.0 Å². The standard InChI is InChI=1S/C16H25N/c1-11(2)17-13(4)12(3)15-10-16(15)14-8-6-5-7-9-14/h5-9,11-13,15-17H,10H2,1-4H3. The molecule has 1 N–H and O–H groups in total. The fraction of sp³-hybridized carbons (Fsp3) is 0.625. The molecule has 17 heavy (non-hydrogen) atoms. The lowest BCUT2D eigenvalue weighted by Gasteiger charge is -2.24. The molecule has 0 amide bonds. The summed E-state index contributed by atoms with van der Waals surface area (Å²) in [7, 11) is 0. The van der Waals surface area contributed by atoms with Crippen LogP contribution in [-0.4, -0.2) is 12.1 Å². The maximum atomic E-state index is 3.64. The Morgan fingerprint density at radius 2 is 1.71 bits per heavy atom. The van der Waals surface area contributed by atoms with Crippen molar-refractivity contribution in [3.63, 3.8) is 0 Å². The van der Waals surface area contributed by atoms with Crippen LogP contribution in [0.4, 0.5) is 0 Å². The van der Waals surface area contributed by atoms with Crippen LogP contribution in [0.5, 0.6) is 0 Å². The molecule has 1 aliphatic carbocycles. The summed E-state index contributed by atoms with van der Waals surface area (Å²) in [4.78, 5) is 0. The number of benzene rings is 1. The largest absolute Gasteiger partial charge is 0.312 e. The lowest BCUT2D eigenvalue weighted by atomic mass is 9.94. The van der Waals surface area contributed by atoms with Gasteiger partial charge in [-0.1, -0.05) is 51.1 Å². The number of hydrogen-bond donors (Lipinski definition) is 1. The van der Waals surface area contributed by atoms with E-state index < -0.39 is 0 Å². The molecular weight excluding hydrogens is 206 g/mol. The molecule has 1 heteroatoms. The summed E-state index contributed by atoms with van der Waals surface area (Å²) in [6.45, 7) is 9.17. The first-order chi connectivity index (χ1) is 8.09. The first-order valence-corrected chi connectivity index (χ1v) is 6.90. The summed E-state index contributed by atoms with van der Waals surface area (Å²) in [5.74, 6) is 2.45. The predicted octanol–water partition coefficient (Wildman–Crippen LogP) is 3.81. The number of hydrogen-bond acceptors (Lipinski definition) is 1. The van der Waals surface area contributed by atoms with Crippen molar-refractivity contribution in [3.05, 3.63) is 35.9 Å². The van der Waals surface area contributed by atoms with E-state index >= 15 is 0 Å². The van der Waals surface area contributed by atoms with Crippen LogP contribution in [0.1, 0.15) is 45.6 Å². The Kier molecular flexibility index (Phi) is 3.88. The Balaban J connectivity index is 1.90. The van der Waals surface area contributed by atoms with Gasteiger partial charge in [0.25, 0.3) is 0 Å². The van der Waals surface area contributed by atoms with Crippen molar-refractivity contribution in [3.8, 4) is 0 Å². The third-order valence-corrected chi connectivity index (χ3v) is 4.13. The summed E-state index contributed by atoms with van der Waals surface area (Å²) in [5.41, 5.74) is 1.53. The molecule has 0 spiro atoms. The molecule has 1 aromatic rings. The van der Waals surface area contributed by atoms with Gasteiger partial charge in [0, 0.05) is 12.1 Å². The van der Waals surface area contributed by atoms with Gasteiger partial charge >= 0.3 is 0 Å². The number of nitrogens with one attached hydrogen (secondary N) is 1. The molecule has 1 aliphatic rings. The highest BCUT2D eigenvalue weighted by Gasteiger charge is 2.43. The molecule has 0 radical (unpaired) electrons. The molecule has 1 fully saturated rings. The SMILES string of the molecule is CC(C)NC(C)C(C)C1CC1c1ccccc1. The van der Waals surface area contributed by atoms with E-state index in [2.05, 4.69) is 63.3 Å². The van der Waals surface area contributed by atoms with E-state index in [4.69, 9.17) is 0 Å². The molecule has 0 saturated heterocycles. The molecule has 4 atom stereocenters. The lowest BCUT2D eigenvalue weighted by Crippen LogP contribution is -2.37. The highest BCUT2D eigenvalue weighted by Crippen LogP contribution is 2.52. The van der Waals surface area contributed by atoms with Crippen LogP contribution >= 0.6 is 0 Å². The van der Waals surface area contributed by atoms with Crippen LogP contribution in [0, 0.1) is 11.8 Å². The van der Waals surface area contributed by atoms with E-state index in [-0.39, 0.29) is 0 Å². The van der Waals surface area contributed by atoms with Gasteiger partial charge in [0.05, 0.1) is 0 Å². The predicted molar refractivity (Wildman–Crippen MR) is 74.2 cm³/mol. The normalized spacial score (nSPS) is 26.9. The third-order valence-electron chi connectivity index (χ3n) is 4.13. The van der Waals surface area contributed by atoms with Gasteiger partial charge < -0.3 is 5.32 Å². The highest BCUT2D eigenvalue weighted by molar-refractivity contribution is 5.26. The Morgan fingerprint density at radius 1 is 1.06 bits per heavy atom. The molecular formula is C16H25N. The minimum atomic E-state index is 0.585. The Morgan fingerprint density at radius 3 is 2.29 bits per heavy atom. The molecule has 0 aliphatic heterocycles. The van der Waals surface area contributed by atoms with E-state index in [9.17, 15) is 0 Å². The smallest absolute Gasteiger partial charge is 0.00695 e. The first-order valence-electron chi connectivity index (χ1n) is 6.90. The zero-order valence-corrected chi connectivity index (χ0v) is 11.5. The second-order valence-electron chi connectivity index (χ2n) is 5.89. The second kappa shape index (κ2) is 5.22. The molecule has 4 unspecified atom stereocenters. The van der Waals surface area contributed by atoms with Gasteiger partial charge in [-0.3, -0.25) is 0 Å². The van der Waals surface area contributed by atoms with Crippen molar-refractivity contribution in [2.24, 2.45) is 11.8 Å². The summed E-state index contributed by atoms with van der Waals surface area (Å²) in [6.07, 6.45) is 1.37. The van der Waals surface area contributed by atoms with Crippen LogP contribution in [0.2, 0.25) is 0 Å². The molecule has 1 saturated carbocycles. The summed E-state index contributed by atoms with van der Waals surface area (Å²) < 4.78 is 0. The monoisotopic (exact) mass is 231 g/mol. The van der Waals surface area contributed by atoms with Crippen molar-refractivity contribution in [2.75, 3.05) is 0 Å². The van der Waals surface area contributed by atoms with Crippen molar-refractivity contribution in [1.29, 1.82) is 0 Å². The molecule has 0 bridgehead atoms. The van der Waals surface area contributed by atoms with Crippen molar-refractivity contribution in [1.82, 2.24) is 5.32 Å². The highest BCUT2D eigenvalue weighted by atomic mass is 14.9. The van der Waals surface area contributed by atoms with Crippen LogP contribution in [0.25, 0.3) is 0 Å². The molecule has 2 rings (SSSR count). The summed E-state index contributed by atoms with van der Waals surface area (Å²) in [6, 6.07) is 12.2.